The van der Waals surface area contributed by atoms with Gasteiger partial charge in [0.15, 0.2) is 5.13 Å². The molecule has 2 aromatic carbocycles. The van der Waals surface area contributed by atoms with Gasteiger partial charge in [-0.3, -0.25) is 9.59 Å². The lowest BCUT2D eigenvalue weighted by Gasteiger charge is -2.16. The first-order valence-electron chi connectivity index (χ1n) is 11.4. The molecule has 0 aliphatic carbocycles. The first-order valence-corrected chi connectivity index (χ1v) is 12.2. The van der Waals surface area contributed by atoms with E-state index in [2.05, 4.69) is 20.6 Å². The van der Waals surface area contributed by atoms with Crippen LogP contribution in [0.15, 0.2) is 36.4 Å². The minimum atomic E-state index is -4.43. The van der Waals surface area contributed by atoms with Crippen LogP contribution in [0.1, 0.15) is 22.3 Å². The monoisotopic (exact) mass is 532 g/mol. The normalized spacial score (nSPS) is 16.0. The Hall–Kier alpha value is -3.71. The molecule has 1 aliphatic rings. The number of hydrogen-bond acceptors (Lipinski definition) is 7. The number of halogens is 3. The first-order chi connectivity index (χ1) is 17.6. The quantitative estimate of drug-likeness (QED) is 0.390. The molecule has 0 spiro atoms. The van der Waals surface area contributed by atoms with Gasteiger partial charge in [-0.15, -0.1) is 0 Å². The van der Waals surface area contributed by atoms with Crippen LogP contribution < -0.4 is 10.6 Å². The molecule has 0 radical (unpaired) electrons. The highest BCUT2D eigenvalue weighted by atomic mass is 32.1. The summed E-state index contributed by atoms with van der Waals surface area (Å²) in [7, 11) is 3.38. The summed E-state index contributed by atoms with van der Waals surface area (Å²) in [6, 6.07) is 8.41. The number of likely N-dealkylation sites (tertiary alicyclic amines) is 1. The van der Waals surface area contributed by atoms with Gasteiger partial charge in [0.05, 0.1) is 39.5 Å². The molecule has 194 valence electrons. The summed E-state index contributed by atoms with van der Waals surface area (Å²) in [5.41, 5.74) is 1.33. The van der Waals surface area contributed by atoms with Crippen LogP contribution in [0, 0.1) is 0 Å². The van der Waals surface area contributed by atoms with E-state index in [1.165, 1.54) is 6.07 Å². The van der Waals surface area contributed by atoms with E-state index in [1.54, 1.807) is 41.8 Å². The summed E-state index contributed by atoms with van der Waals surface area (Å²) in [6.07, 6.45) is -3.63. The number of ether oxygens (including phenoxy) is 1. The molecule has 2 amide bonds. The average Bonchev–Trinajstić information content (AvgIpc) is 3.58. The lowest BCUT2D eigenvalue weighted by molar-refractivity contribution is -0.137. The number of nitrogens with one attached hydrogen (secondary N) is 2. The molecule has 1 unspecified atom stereocenters. The van der Waals surface area contributed by atoms with Crippen molar-refractivity contribution >= 4 is 55.5 Å². The van der Waals surface area contributed by atoms with Gasteiger partial charge in [0.1, 0.15) is 0 Å². The number of imidazole rings is 1. The second-order valence-corrected chi connectivity index (χ2v) is 9.72. The number of alkyl halides is 3. The Bertz CT molecular complexity index is 1500. The van der Waals surface area contributed by atoms with Crippen molar-refractivity contribution in [2.24, 2.45) is 7.05 Å². The maximum absolute atomic E-state index is 13.0. The molecule has 4 aromatic rings. The second kappa shape index (κ2) is 9.63. The molecule has 2 aromatic heterocycles. The third-order valence-electron chi connectivity index (χ3n) is 6.31. The SMILES string of the molecule is COC1CCN(C(=O)CNC(=O)c2ccc3c(c2)nc(Nc2nc4ccc(C(F)(F)F)cc4s2)n3C)C1. The van der Waals surface area contributed by atoms with Crippen molar-refractivity contribution in [1.29, 1.82) is 0 Å². The van der Waals surface area contributed by atoms with E-state index in [9.17, 15) is 22.8 Å². The average molecular weight is 533 g/mol. The molecule has 0 saturated carbocycles. The summed E-state index contributed by atoms with van der Waals surface area (Å²) < 4.78 is 46.5. The van der Waals surface area contributed by atoms with E-state index < -0.39 is 17.6 Å². The fourth-order valence-electron chi connectivity index (χ4n) is 4.22. The number of hydrogen-bond donors (Lipinski definition) is 2. The predicted molar refractivity (Wildman–Crippen MR) is 133 cm³/mol. The van der Waals surface area contributed by atoms with Gasteiger partial charge in [0.25, 0.3) is 5.91 Å². The number of anilines is 2. The predicted octanol–water partition coefficient (Wildman–Crippen LogP) is 3.92. The maximum Gasteiger partial charge on any atom is 0.416 e. The number of rotatable bonds is 6. The van der Waals surface area contributed by atoms with Crippen LogP contribution in [-0.4, -0.2) is 64.1 Å². The molecule has 1 saturated heterocycles. The van der Waals surface area contributed by atoms with E-state index in [0.717, 1.165) is 35.4 Å². The molecule has 9 nitrogen and oxygen atoms in total. The number of nitrogens with zero attached hydrogens (tertiary/aromatic N) is 4. The Morgan fingerprint density at radius 1 is 1.16 bits per heavy atom. The zero-order valence-corrected chi connectivity index (χ0v) is 20.7. The van der Waals surface area contributed by atoms with Crippen molar-refractivity contribution in [3.8, 4) is 0 Å². The number of fused-ring (bicyclic) bond motifs is 2. The molecule has 1 atom stereocenters. The zero-order chi connectivity index (χ0) is 26.3. The van der Waals surface area contributed by atoms with Gasteiger partial charge in [-0.1, -0.05) is 11.3 Å². The highest BCUT2D eigenvalue weighted by Gasteiger charge is 2.31. The molecule has 1 fully saturated rings. The Balaban J connectivity index is 1.29. The number of benzene rings is 2. The van der Waals surface area contributed by atoms with Crippen molar-refractivity contribution in [2.45, 2.75) is 18.7 Å². The summed E-state index contributed by atoms with van der Waals surface area (Å²) in [4.78, 5) is 35.6. The standard InChI is InChI=1S/C24H23F3N6O3S/c1-32-18-6-3-13(21(35)28-11-20(34)33-8-7-15(12-33)36-2)9-17(18)29-22(32)31-23-30-16-5-4-14(24(25,26)27)10-19(16)37-23/h3-6,9-10,15H,7-8,11-12H2,1-2H3,(H,28,35)(H,29,30,31). The van der Waals surface area contributed by atoms with Crippen LogP contribution in [-0.2, 0) is 22.8 Å². The minimum absolute atomic E-state index is 0.0224. The molecule has 2 N–H and O–H groups in total. The number of amides is 2. The highest BCUT2D eigenvalue weighted by molar-refractivity contribution is 7.22. The fraction of sp³-hybridized carbons (Fsp3) is 0.333. The largest absolute Gasteiger partial charge is 0.416 e. The molecule has 3 heterocycles. The van der Waals surface area contributed by atoms with Gasteiger partial charge in [0.2, 0.25) is 11.9 Å². The first kappa shape index (κ1) is 25.0. The highest BCUT2D eigenvalue weighted by Crippen LogP contribution is 2.35. The zero-order valence-electron chi connectivity index (χ0n) is 19.9. The van der Waals surface area contributed by atoms with Gasteiger partial charge >= 0.3 is 6.18 Å². The molecular weight excluding hydrogens is 509 g/mol. The Labute approximate surface area is 213 Å². The van der Waals surface area contributed by atoms with E-state index in [4.69, 9.17) is 4.74 Å². The van der Waals surface area contributed by atoms with Crippen LogP contribution in [0.3, 0.4) is 0 Å². The Kier molecular flexibility index (Phi) is 6.50. The van der Waals surface area contributed by atoms with Crippen LogP contribution in [0.5, 0.6) is 0 Å². The topological polar surface area (TPSA) is 101 Å². The van der Waals surface area contributed by atoms with Crippen LogP contribution >= 0.6 is 11.3 Å². The number of aryl methyl sites for hydroxylation is 1. The van der Waals surface area contributed by atoms with E-state index in [1.807, 2.05) is 0 Å². The van der Waals surface area contributed by atoms with Crippen molar-refractivity contribution in [3.05, 3.63) is 47.5 Å². The minimum Gasteiger partial charge on any atom is -0.380 e. The smallest absolute Gasteiger partial charge is 0.380 e. The van der Waals surface area contributed by atoms with Crippen molar-refractivity contribution < 1.29 is 27.5 Å². The van der Waals surface area contributed by atoms with E-state index >= 15 is 0 Å². The van der Waals surface area contributed by atoms with Gasteiger partial charge in [-0.2, -0.15) is 13.2 Å². The van der Waals surface area contributed by atoms with Gasteiger partial charge in [-0.05, 0) is 42.8 Å². The molecule has 1 aliphatic heterocycles. The summed E-state index contributed by atoms with van der Waals surface area (Å²) >= 11 is 1.09. The number of carbonyl (C=O) groups excluding carboxylic acids is 2. The van der Waals surface area contributed by atoms with Crippen LogP contribution in [0.2, 0.25) is 0 Å². The van der Waals surface area contributed by atoms with Gasteiger partial charge < -0.3 is 24.8 Å². The van der Waals surface area contributed by atoms with E-state index in [-0.39, 0.29) is 18.6 Å². The fourth-order valence-corrected chi connectivity index (χ4v) is 5.12. The van der Waals surface area contributed by atoms with Crippen LogP contribution in [0.25, 0.3) is 21.3 Å². The van der Waals surface area contributed by atoms with Crippen molar-refractivity contribution in [3.63, 3.8) is 0 Å². The number of aromatic nitrogens is 3. The molecular formula is C24H23F3N6O3S. The number of carbonyl (C=O) groups is 2. The summed E-state index contributed by atoms with van der Waals surface area (Å²) in [5, 5.41) is 6.10. The third-order valence-corrected chi connectivity index (χ3v) is 7.24. The third kappa shape index (κ3) is 5.09. The van der Waals surface area contributed by atoms with Crippen LogP contribution in [0.4, 0.5) is 24.3 Å². The van der Waals surface area contributed by atoms with Crippen molar-refractivity contribution in [1.82, 2.24) is 24.8 Å². The maximum atomic E-state index is 13.0. The molecule has 13 heteroatoms. The molecule has 37 heavy (non-hydrogen) atoms. The van der Waals surface area contributed by atoms with Gasteiger partial charge in [-0.25, -0.2) is 9.97 Å². The number of thiazole rings is 1. The van der Waals surface area contributed by atoms with Crippen molar-refractivity contribution in [2.75, 3.05) is 32.1 Å². The Morgan fingerprint density at radius 2 is 1.97 bits per heavy atom. The van der Waals surface area contributed by atoms with E-state index in [0.29, 0.717) is 45.5 Å². The summed E-state index contributed by atoms with van der Waals surface area (Å²) in [6.45, 7) is 0.996. The van der Waals surface area contributed by atoms with Gasteiger partial charge in [0, 0.05) is 32.8 Å². The number of methoxy groups -OCH3 is 1. The lowest BCUT2D eigenvalue weighted by Crippen LogP contribution is -2.39. The Morgan fingerprint density at radius 3 is 2.70 bits per heavy atom. The summed E-state index contributed by atoms with van der Waals surface area (Å²) in [5.74, 6) is -0.152. The molecule has 0 bridgehead atoms. The second-order valence-electron chi connectivity index (χ2n) is 8.69. The molecule has 5 rings (SSSR count). The lowest BCUT2D eigenvalue weighted by atomic mass is 10.2.